The molecule has 1 rings (SSSR count). The maximum atomic E-state index is 11.9. The van der Waals surface area contributed by atoms with Gasteiger partial charge < -0.3 is 15.0 Å². The molecule has 1 amide bonds. The molecule has 0 aromatic heterocycles. The summed E-state index contributed by atoms with van der Waals surface area (Å²) in [4.78, 5) is 13.9. The Morgan fingerprint density at radius 3 is 2.84 bits per heavy atom. The number of hydrogen-bond acceptors (Lipinski definition) is 3. The van der Waals surface area contributed by atoms with Crippen molar-refractivity contribution in [1.82, 2.24) is 10.2 Å². The lowest BCUT2D eigenvalue weighted by molar-refractivity contribution is 0.0900. The van der Waals surface area contributed by atoms with Gasteiger partial charge in [0.05, 0.1) is 23.8 Å². The van der Waals surface area contributed by atoms with E-state index < -0.39 is 0 Å². The molecule has 0 aliphatic carbocycles. The molecule has 6 heteroatoms. The number of hydrogen-bond donors (Lipinski definition) is 1. The van der Waals surface area contributed by atoms with Gasteiger partial charge >= 0.3 is 0 Å². The van der Waals surface area contributed by atoms with Gasteiger partial charge in [-0.05, 0) is 42.2 Å². The highest BCUT2D eigenvalue weighted by atomic mass is 79.9. The molecule has 0 radical (unpaired) electrons. The van der Waals surface area contributed by atoms with E-state index in [1.807, 2.05) is 19.0 Å². The summed E-state index contributed by atoms with van der Waals surface area (Å²) in [7, 11) is 3.97. The molecule has 0 aliphatic heterocycles. The van der Waals surface area contributed by atoms with Crippen molar-refractivity contribution in [3.63, 3.8) is 0 Å². The average Bonchev–Trinajstić information content (AvgIpc) is 2.36. The zero-order valence-electron chi connectivity index (χ0n) is 11.1. The lowest BCUT2D eigenvalue weighted by Crippen LogP contribution is -2.28. The quantitative estimate of drug-likeness (QED) is 0.769. The third kappa shape index (κ3) is 5.91. The van der Waals surface area contributed by atoms with Crippen LogP contribution in [0.15, 0.2) is 22.7 Å². The SMILES string of the molecule is CN(C)CCOCCNC(=O)c1cccc(Br)c1Cl. The van der Waals surface area contributed by atoms with E-state index in [9.17, 15) is 4.79 Å². The molecule has 0 fully saturated rings. The van der Waals surface area contributed by atoms with Gasteiger partial charge in [0.1, 0.15) is 0 Å². The number of amides is 1. The molecule has 19 heavy (non-hydrogen) atoms. The first-order valence-electron chi connectivity index (χ1n) is 5.97. The van der Waals surface area contributed by atoms with Crippen molar-refractivity contribution in [3.8, 4) is 0 Å². The smallest absolute Gasteiger partial charge is 0.252 e. The minimum Gasteiger partial charge on any atom is -0.378 e. The minimum atomic E-state index is -0.192. The van der Waals surface area contributed by atoms with Crippen LogP contribution in [0.1, 0.15) is 10.4 Å². The Hall–Kier alpha value is -0.620. The van der Waals surface area contributed by atoms with Gasteiger partial charge in [-0.2, -0.15) is 0 Å². The summed E-state index contributed by atoms with van der Waals surface area (Å²) in [6.45, 7) is 2.48. The lowest BCUT2D eigenvalue weighted by atomic mass is 10.2. The highest BCUT2D eigenvalue weighted by molar-refractivity contribution is 9.10. The molecular formula is C13H18BrClN2O2. The second-order valence-electron chi connectivity index (χ2n) is 4.27. The number of likely N-dealkylation sites (N-methyl/N-ethyl adjacent to an activating group) is 1. The molecule has 106 valence electrons. The number of benzene rings is 1. The fraction of sp³-hybridized carbons (Fsp3) is 0.462. The monoisotopic (exact) mass is 348 g/mol. The van der Waals surface area contributed by atoms with Gasteiger partial charge in [-0.1, -0.05) is 17.7 Å². The van der Waals surface area contributed by atoms with Crippen LogP contribution in [0.5, 0.6) is 0 Å². The molecule has 4 nitrogen and oxygen atoms in total. The summed E-state index contributed by atoms with van der Waals surface area (Å²) in [6, 6.07) is 5.26. The van der Waals surface area contributed by atoms with Crippen LogP contribution in [0.3, 0.4) is 0 Å². The van der Waals surface area contributed by atoms with E-state index >= 15 is 0 Å². The van der Waals surface area contributed by atoms with Crippen molar-refractivity contribution in [2.75, 3.05) is 40.4 Å². The number of nitrogens with zero attached hydrogens (tertiary/aromatic N) is 1. The Balaban J connectivity index is 2.30. The Morgan fingerprint density at radius 2 is 2.16 bits per heavy atom. The van der Waals surface area contributed by atoms with E-state index in [-0.39, 0.29) is 5.91 Å². The lowest BCUT2D eigenvalue weighted by Gasteiger charge is -2.10. The second kappa shape index (κ2) is 8.53. The van der Waals surface area contributed by atoms with Gasteiger partial charge in [-0.25, -0.2) is 0 Å². The number of rotatable bonds is 7. The summed E-state index contributed by atoms with van der Waals surface area (Å²) in [5, 5.41) is 3.20. The first-order chi connectivity index (χ1) is 9.02. The van der Waals surface area contributed by atoms with Crippen molar-refractivity contribution < 1.29 is 9.53 Å². The summed E-state index contributed by atoms with van der Waals surface area (Å²) in [5.74, 6) is -0.192. The molecule has 1 aromatic carbocycles. The van der Waals surface area contributed by atoms with Crippen LogP contribution in [0.25, 0.3) is 0 Å². The van der Waals surface area contributed by atoms with E-state index in [1.165, 1.54) is 0 Å². The predicted octanol–water partition coefficient (Wildman–Crippen LogP) is 2.41. The summed E-state index contributed by atoms with van der Waals surface area (Å²) in [5.41, 5.74) is 0.462. The molecule has 0 bridgehead atoms. The van der Waals surface area contributed by atoms with Crippen molar-refractivity contribution in [2.45, 2.75) is 0 Å². The minimum absolute atomic E-state index is 0.192. The third-order valence-electron chi connectivity index (χ3n) is 2.41. The van der Waals surface area contributed by atoms with E-state index in [4.69, 9.17) is 16.3 Å². The molecule has 1 N–H and O–H groups in total. The first kappa shape index (κ1) is 16.4. The summed E-state index contributed by atoms with van der Waals surface area (Å²) < 4.78 is 6.10. The zero-order valence-corrected chi connectivity index (χ0v) is 13.4. The van der Waals surface area contributed by atoms with E-state index in [0.29, 0.717) is 34.8 Å². The fourth-order valence-electron chi connectivity index (χ4n) is 1.36. The van der Waals surface area contributed by atoms with Crippen molar-refractivity contribution >= 4 is 33.4 Å². The van der Waals surface area contributed by atoms with E-state index in [1.54, 1.807) is 18.2 Å². The largest absolute Gasteiger partial charge is 0.378 e. The highest BCUT2D eigenvalue weighted by Gasteiger charge is 2.11. The molecule has 0 spiro atoms. The molecular weight excluding hydrogens is 332 g/mol. The standard InChI is InChI=1S/C13H18BrClN2O2/c1-17(2)7-9-19-8-6-16-13(18)10-4-3-5-11(14)12(10)15/h3-5H,6-9H2,1-2H3,(H,16,18). The second-order valence-corrected chi connectivity index (χ2v) is 5.51. The highest BCUT2D eigenvalue weighted by Crippen LogP contribution is 2.25. The maximum absolute atomic E-state index is 11.9. The van der Waals surface area contributed by atoms with Gasteiger partial charge in [0, 0.05) is 17.6 Å². The Kier molecular flexibility index (Phi) is 7.38. The molecule has 1 aromatic rings. The normalized spacial score (nSPS) is 10.8. The van der Waals surface area contributed by atoms with Crippen LogP contribution in [0.4, 0.5) is 0 Å². The fourth-order valence-corrected chi connectivity index (χ4v) is 1.94. The number of halogens is 2. The van der Waals surface area contributed by atoms with E-state index in [0.717, 1.165) is 6.54 Å². The number of carbonyl (C=O) groups excluding carboxylic acids is 1. The van der Waals surface area contributed by atoms with Gasteiger partial charge in [0.25, 0.3) is 5.91 Å². The van der Waals surface area contributed by atoms with Crippen LogP contribution >= 0.6 is 27.5 Å². The number of ether oxygens (including phenoxy) is 1. The van der Waals surface area contributed by atoms with Crippen molar-refractivity contribution in [1.29, 1.82) is 0 Å². The predicted molar refractivity (Wildman–Crippen MR) is 80.9 cm³/mol. The summed E-state index contributed by atoms with van der Waals surface area (Å²) in [6.07, 6.45) is 0. The summed E-state index contributed by atoms with van der Waals surface area (Å²) >= 11 is 9.33. The van der Waals surface area contributed by atoms with Gasteiger partial charge in [0.2, 0.25) is 0 Å². The van der Waals surface area contributed by atoms with Crippen molar-refractivity contribution in [3.05, 3.63) is 33.3 Å². The maximum Gasteiger partial charge on any atom is 0.252 e. The Labute approximate surface area is 127 Å². The molecule has 0 atom stereocenters. The number of nitrogens with one attached hydrogen (secondary N) is 1. The number of carbonyl (C=O) groups is 1. The van der Waals surface area contributed by atoms with E-state index in [2.05, 4.69) is 21.2 Å². The van der Waals surface area contributed by atoms with Crippen LogP contribution in [-0.4, -0.2) is 51.2 Å². The van der Waals surface area contributed by atoms with Gasteiger partial charge in [-0.15, -0.1) is 0 Å². The van der Waals surface area contributed by atoms with Crippen LogP contribution in [0.2, 0.25) is 5.02 Å². The van der Waals surface area contributed by atoms with Crippen LogP contribution in [0, 0.1) is 0 Å². The zero-order chi connectivity index (χ0) is 14.3. The molecule has 0 saturated carbocycles. The Morgan fingerprint density at radius 1 is 1.42 bits per heavy atom. The van der Waals surface area contributed by atoms with Crippen molar-refractivity contribution in [2.24, 2.45) is 0 Å². The first-order valence-corrected chi connectivity index (χ1v) is 7.14. The molecule has 0 saturated heterocycles. The van der Waals surface area contributed by atoms with Crippen LogP contribution < -0.4 is 5.32 Å². The third-order valence-corrected chi connectivity index (χ3v) is 3.71. The average molecular weight is 350 g/mol. The molecule has 0 heterocycles. The molecule has 0 unspecified atom stereocenters. The van der Waals surface area contributed by atoms with Gasteiger partial charge in [-0.3, -0.25) is 4.79 Å². The van der Waals surface area contributed by atoms with Gasteiger partial charge in [0.15, 0.2) is 0 Å². The Bertz CT molecular complexity index is 427. The topological polar surface area (TPSA) is 41.6 Å². The molecule has 0 aliphatic rings. The van der Waals surface area contributed by atoms with Crippen LogP contribution in [-0.2, 0) is 4.74 Å².